The second-order valence-electron chi connectivity index (χ2n) is 5.72. The minimum atomic E-state index is -0.434. The molecule has 2 aromatic rings. The monoisotopic (exact) mass is 284 g/mol. The normalized spacial score (nSPS) is 12.2. The van der Waals surface area contributed by atoms with E-state index >= 15 is 0 Å². The van der Waals surface area contributed by atoms with Gasteiger partial charge in [0.25, 0.3) is 0 Å². The molecule has 0 spiro atoms. The summed E-state index contributed by atoms with van der Waals surface area (Å²) in [7, 11) is 1.68. The summed E-state index contributed by atoms with van der Waals surface area (Å²) < 4.78 is 5.32. The Morgan fingerprint density at radius 3 is 2.29 bits per heavy atom. The van der Waals surface area contributed by atoms with Crippen molar-refractivity contribution in [3.63, 3.8) is 0 Å². The fourth-order valence-electron chi connectivity index (χ4n) is 2.60. The molecule has 1 N–H and O–H groups in total. The Morgan fingerprint density at radius 2 is 1.67 bits per heavy atom. The average molecular weight is 284 g/mol. The van der Waals surface area contributed by atoms with Crippen LogP contribution in [0.5, 0.6) is 5.75 Å². The van der Waals surface area contributed by atoms with E-state index in [1.807, 2.05) is 26.0 Å². The fraction of sp³-hybridized carbons (Fsp3) is 0.368. The van der Waals surface area contributed by atoms with Crippen LogP contribution in [0.25, 0.3) is 0 Å². The van der Waals surface area contributed by atoms with Crippen molar-refractivity contribution in [2.45, 2.75) is 39.7 Å². The molecule has 1 unspecified atom stereocenters. The number of methoxy groups -OCH3 is 1. The topological polar surface area (TPSA) is 29.5 Å². The Hall–Kier alpha value is -1.80. The van der Waals surface area contributed by atoms with E-state index in [4.69, 9.17) is 4.74 Å². The van der Waals surface area contributed by atoms with E-state index < -0.39 is 6.10 Å². The van der Waals surface area contributed by atoms with Crippen LogP contribution in [0.3, 0.4) is 0 Å². The van der Waals surface area contributed by atoms with Gasteiger partial charge in [-0.15, -0.1) is 0 Å². The van der Waals surface area contributed by atoms with E-state index in [-0.39, 0.29) is 0 Å². The van der Waals surface area contributed by atoms with Crippen LogP contribution in [-0.4, -0.2) is 12.2 Å². The quantitative estimate of drug-likeness (QED) is 0.887. The summed E-state index contributed by atoms with van der Waals surface area (Å²) in [5, 5.41) is 10.5. The van der Waals surface area contributed by atoms with Gasteiger partial charge >= 0.3 is 0 Å². The zero-order chi connectivity index (χ0) is 15.4. The van der Waals surface area contributed by atoms with Gasteiger partial charge in [0.2, 0.25) is 0 Å². The standard InChI is InChI=1S/C19H24O2/c1-13-5-7-16(8-6-13)9-10-18(20)17-11-15(3)19(21-4)12-14(17)2/h5-8,11-12,18,20H,9-10H2,1-4H3. The molecular formula is C19H24O2. The maximum absolute atomic E-state index is 10.5. The van der Waals surface area contributed by atoms with Crippen LogP contribution >= 0.6 is 0 Å². The third-order valence-corrected chi connectivity index (χ3v) is 3.97. The van der Waals surface area contributed by atoms with Gasteiger partial charge in [-0.3, -0.25) is 0 Å². The second-order valence-corrected chi connectivity index (χ2v) is 5.72. The lowest BCUT2D eigenvalue weighted by atomic mass is 9.95. The van der Waals surface area contributed by atoms with Crippen LogP contribution in [0.1, 0.15) is 40.3 Å². The van der Waals surface area contributed by atoms with Crippen LogP contribution in [-0.2, 0) is 6.42 Å². The fourth-order valence-corrected chi connectivity index (χ4v) is 2.60. The first-order valence-electron chi connectivity index (χ1n) is 7.40. The molecular weight excluding hydrogens is 260 g/mol. The first kappa shape index (κ1) is 15.6. The predicted octanol–water partition coefficient (Wildman–Crippen LogP) is 4.29. The van der Waals surface area contributed by atoms with Crippen molar-refractivity contribution in [1.29, 1.82) is 0 Å². The van der Waals surface area contributed by atoms with Gasteiger partial charge in [0.05, 0.1) is 13.2 Å². The van der Waals surface area contributed by atoms with Crippen molar-refractivity contribution in [3.05, 3.63) is 64.2 Å². The zero-order valence-electron chi connectivity index (χ0n) is 13.3. The molecule has 0 aliphatic heterocycles. The number of benzene rings is 2. The number of hydrogen-bond acceptors (Lipinski definition) is 2. The summed E-state index contributed by atoms with van der Waals surface area (Å²) in [6.07, 6.45) is 1.18. The molecule has 0 bridgehead atoms. The first-order chi connectivity index (χ1) is 10.0. The highest BCUT2D eigenvalue weighted by atomic mass is 16.5. The van der Waals surface area contributed by atoms with Crippen LogP contribution in [0, 0.1) is 20.8 Å². The third kappa shape index (κ3) is 3.85. The first-order valence-corrected chi connectivity index (χ1v) is 7.40. The molecule has 1 atom stereocenters. The van der Waals surface area contributed by atoms with Crippen molar-refractivity contribution < 1.29 is 9.84 Å². The number of aliphatic hydroxyl groups excluding tert-OH is 1. The van der Waals surface area contributed by atoms with Gasteiger partial charge in [-0.05, 0) is 68.0 Å². The summed E-state index contributed by atoms with van der Waals surface area (Å²) in [5.74, 6) is 0.877. The Balaban J connectivity index is 2.08. The van der Waals surface area contributed by atoms with Crippen molar-refractivity contribution in [3.8, 4) is 5.75 Å². The Labute approximate surface area is 127 Å². The van der Waals surface area contributed by atoms with Gasteiger partial charge in [0.1, 0.15) is 5.75 Å². The predicted molar refractivity (Wildman–Crippen MR) is 86.9 cm³/mol. The van der Waals surface area contributed by atoms with Crippen molar-refractivity contribution in [2.24, 2.45) is 0 Å². The summed E-state index contributed by atoms with van der Waals surface area (Å²) >= 11 is 0. The largest absolute Gasteiger partial charge is 0.496 e. The smallest absolute Gasteiger partial charge is 0.122 e. The van der Waals surface area contributed by atoms with Crippen molar-refractivity contribution >= 4 is 0 Å². The molecule has 2 rings (SSSR count). The molecule has 0 saturated heterocycles. The molecule has 0 aliphatic rings. The van der Waals surface area contributed by atoms with Crippen LogP contribution in [0.2, 0.25) is 0 Å². The minimum absolute atomic E-state index is 0.434. The molecule has 21 heavy (non-hydrogen) atoms. The third-order valence-electron chi connectivity index (χ3n) is 3.97. The van der Waals surface area contributed by atoms with E-state index in [0.29, 0.717) is 0 Å². The van der Waals surface area contributed by atoms with E-state index in [1.54, 1.807) is 7.11 Å². The lowest BCUT2D eigenvalue weighted by molar-refractivity contribution is 0.167. The average Bonchev–Trinajstić information content (AvgIpc) is 2.48. The summed E-state index contributed by atoms with van der Waals surface area (Å²) in [4.78, 5) is 0. The Bertz CT molecular complexity index is 600. The molecule has 0 heterocycles. The highest BCUT2D eigenvalue weighted by Crippen LogP contribution is 2.28. The van der Waals surface area contributed by atoms with Gasteiger partial charge in [-0.1, -0.05) is 29.8 Å². The summed E-state index contributed by atoms with van der Waals surface area (Å²) in [5.41, 5.74) is 5.67. The maximum atomic E-state index is 10.5. The highest BCUT2D eigenvalue weighted by Gasteiger charge is 2.13. The van der Waals surface area contributed by atoms with E-state index in [0.717, 1.165) is 35.3 Å². The molecule has 2 aromatic carbocycles. The molecule has 0 saturated carbocycles. The number of aliphatic hydroxyl groups is 1. The molecule has 0 radical (unpaired) electrons. The molecule has 0 fully saturated rings. The lowest BCUT2D eigenvalue weighted by Gasteiger charge is -2.16. The van der Waals surface area contributed by atoms with Crippen LogP contribution in [0.4, 0.5) is 0 Å². The molecule has 0 aromatic heterocycles. The SMILES string of the molecule is COc1cc(C)c(C(O)CCc2ccc(C)cc2)cc1C. The molecule has 112 valence electrons. The van der Waals surface area contributed by atoms with E-state index in [2.05, 4.69) is 31.2 Å². The number of rotatable bonds is 5. The number of ether oxygens (including phenoxy) is 1. The van der Waals surface area contributed by atoms with Crippen molar-refractivity contribution in [2.75, 3.05) is 7.11 Å². The van der Waals surface area contributed by atoms with Gasteiger partial charge in [0.15, 0.2) is 0 Å². The van der Waals surface area contributed by atoms with Gasteiger partial charge in [-0.25, -0.2) is 0 Å². The maximum Gasteiger partial charge on any atom is 0.122 e. The number of aryl methyl sites for hydroxylation is 4. The minimum Gasteiger partial charge on any atom is -0.496 e. The van der Waals surface area contributed by atoms with Crippen LogP contribution in [0.15, 0.2) is 36.4 Å². The molecule has 0 amide bonds. The van der Waals surface area contributed by atoms with Gasteiger partial charge in [-0.2, -0.15) is 0 Å². The summed E-state index contributed by atoms with van der Waals surface area (Å²) in [6, 6.07) is 12.5. The lowest BCUT2D eigenvalue weighted by Crippen LogP contribution is -2.03. The Morgan fingerprint density at radius 1 is 1.00 bits per heavy atom. The van der Waals surface area contributed by atoms with Gasteiger partial charge < -0.3 is 9.84 Å². The molecule has 2 nitrogen and oxygen atoms in total. The zero-order valence-corrected chi connectivity index (χ0v) is 13.3. The van der Waals surface area contributed by atoms with E-state index in [1.165, 1.54) is 11.1 Å². The van der Waals surface area contributed by atoms with Crippen molar-refractivity contribution in [1.82, 2.24) is 0 Å². The van der Waals surface area contributed by atoms with Gasteiger partial charge in [0, 0.05) is 0 Å². The Kier molecular flexibility index (Phi) is 5.03. The van der Waals surface area contributed by atoms with Crippen LogP contribution < -0.4 is 4.74 Å². The molecule has 0 aliphatic carbocycles. The number of hydrogen-bond donors (Lipinski definition) is 1. The summed E-state index contributed by atoms with van der Waals surface area (Å²) in [6.45, 7) is 6.11. The highest BCUT2D eigenvalue weighted by molar-refractivity contribution is 5.42. The second kappa shape index (κ2) is 6.77. The molecule has 2 heteroatoms. The van der Waals surface area contributed by atoms with E-state index in [9.17, 15) is 5.11 Å².